The lowest BCUT2D eigenvalue weighted by Crippen LogP contribution is -2.08. The van der Waals surface area contributed by atoms with Crippen molar-refractivity contribution in [2.75, 3.05) is 5.32 Å². The van der Waals surface area contributed by atoms with Gasteiger partial charge in [0, 0.05) is 0 Å². The molecule has 2 N–H and O–H groups in total. The molecule has 4 rings (SSSR count). The number of aromatic hydroxyl groups is 1. The highest BCUT2D eigenvalue weighted by Crippen LogP contribution is 2.39. The molecule has 2 aromatic carbocycles. The second-order valence-corrected chi connectivity index (χ2v) is 6.11. The van der Waals surface area contributed by atoms with Gasteiger partial charge in [0.1, 0.15) is 16.8 Å². The lowest BCUT2D eigenvalue weighted by Gasteiger charge is -2.17. The summed E-state index contributed by atoms with van der Waals surface area (Å²) in [7, 11) is 0. The second-order valence-electron chi connectivity index (χ2n) is 5.17. The van der Waals surface area contributed by atoms with Crippen LogP contribution in [0.1, 0.15) is 23.6 Å². The number of fused-ring (bicyclic) bond motifs is 2. The van der Waals surface area contributed by atoms with Gasteiger partial charge in [-0.1, -0.05) is 17.7 Å². The first-order valence-electron chi connectivity index (χ1n) is 6.71. The summed E-state index contributed by atoms with van der Waals surface area (Å²) in [5.74, 6) is 0.318. The summed E-state index contributed by atoms with van der Waals surface area (Å²) in [5, 5.41) is 13.7. The third-order valence-electron chi connectivity index (χ3n) is 3.90. The van der Waals surface area contributed by atoms with Crippen molar-refractivity contribution in [3.05, 3.63) is 46.5 Å². The van der Waals surface area contributed by atoms with E-state index in [1.807, 2.05) is 24.3 Å². The first-order chi connectivity index (χ1) is 10.2. The predicted molar refractivity (Wildman–Crippen MR) is 85.2 cm³/mol. The Morgan fingerprint density at radius 2 is 2.14 bits per heavy atom. The van der Waals surface area contributed by atoms with Crippen LogP contribution in [0.2, 0.25) is 5.02 Å². The molecular formula is C15H12ClN3OS. The molecule has 0 saturated heterocycles. The van der Waals surface area contributed by atoms with Gasteiger partial charge in [0.2, 0.25) is 0 Å². The van der Waals surface area contributed by atoms with Crippen LogP contribution >= 0.6 is 23.3 Å². The molecule has 21 heavy (non-hydrogen) atoms. The molecular weight excluding hydrogens is 306 g/mol. The van der Waals surface area contributed by atoms with Crippen LogP contribution in [0.15, 0.2) is 30.3 Å². The number of aryl methyl sites for hydroxylation is 1. The number of aromatic nitrogens is 2. The normalized spacial score (nSPS) is 17.1. The standard InChI is InChI=1S/C15H12ClN3OS/c16-11-4-6-13-15(19-21-18-13)14(11)17-12-5-1-8-7-9(20)2-3-10(8)12/h2-4,6-7,12,17,20H,1,5H2. The molecule has 0 saturated carbocycles. The van der Waals surface area contributed by atoms with Crippen LogP contribution in [0.25, 0.3) is 11.0 Å². The molecule has 0 spiro atoms. The van der Waals surface area contributed by atoms with Gasteiger partial charge in [-0.25, -0.2) is 0 Å². The highest BCUT2D eigenvalue weighted by molar-refractivity contribution is 7.00. The van der Waals surface area contributed by atoms with Gasteiger partial charge in [-0.05, 0) is 48.2 Å². The van der Waals surface area contributed by atoms with E-state index in [4.69, 9.17) is 11.6 Å². The second kappa shape index (κ2) is 4.86. The molecule has 4 nitrogen and oxygen atoms in total. The molecule has 1 heterocycles. The zero-order valence-electron chi connectivity index (χ0n) is 11.0. The van der Waals surface area contributed by atoms with E-state index in [0.717, 1.165) is 29.6 Å². The maximum absolute atomic E-state index is 9.57. The van der Waals surface area contributed by atoms with Crippen molar-refractivity contribution in [3.63, 3.8) is 0 Å². The van der Waals surface area contributed by atoms with Crippen molar-refractivity contribution in [2.45, 2.75) is 18.9 Å². The Balaban J connectivity index is 1.74. The predicted octanol–water partition coefficient (Wildman–Crippen LogP) is 4.15. The first-order valence-corrected chi connectivity index (χ1v) is 7.82. The van der Waals surface area contributed by atoms with Crippen molar-refractivity contribution in [1.29, 1.82) is 0 Å². The SMILES string of the molecule is Oc1ccc2c(c1)CCC2Nc1c(Cl)ccc2nsnc12. The molecule has 6 heteroatoms. The molecule has 0 aliphatic heterocycles. The summed E-state index contributed by atoms with van der Waals surface area (Å²) >= 11 is 7.51. The molecule has 1 aromatic heterocycles. The average Bonchev–Trinajstić information content (AvgIpc) is 3.08. The summed E-state index contributed by atoms with van der Waals surface area (Å²) in [5.41, 5.74) is 4.92. The van der Waals surface area contributed by atoms with Crippen molar-refractivity contribution in [1.82, 2.24) is 8.75 Å². The van der Waals surface area contributed by atoms with Gasteiger partial charge in [0.15, 0.2) is 0 Å². The van der Waals surface area contributed by atoms with Gasteiger partial charge < -0.3 is 10.4 Å². The van der Waals surface area contributed by atoms with E-state index in [2.05, 4.69) is 14.1 Å². The number of anilines is 1. The number of halogens is 1. The summed E-state index contributed by atoms with van der Waals surface area (Å²) in [6.07, 6.45) is 1.92. The molecule has 1 unspecified atom stereocenters. The molecule has 0 radical (unpaired) electrons. The molecule has 1 aliphatic rings. The largest absolute Gasteiger partial charge is 0.508 e. The van der Waals surface area contributed by atoms with Gasteiger partial charge in [-0.3, -0.25) is 0 Å². The third-order valence-corrected chi connectivity index (χ3v) is 4.76. The Morgan fingerprint density at radius 1 is 1.24 bits per heavy atom. The van der Waals surface area contributed by atoms with Crippen LogP contribution in [-0.2, 0) is 6.42 Å². The molecule has 0 fully saturated rings. The number of phenols is 1. The number of hydrogen-bond donors (Lipinski definition) is 2. The van der Waals surface area contributed by atoms with Crippen LogP contribution in [0, 0.1) is 0 Å². The number of benzene rings is 2. The van der Waals surface area contributed by atoms with E-state index in [1.54, 1.807) is 6.07 Å². The lowest BCUT2D eigenvalue weighted by molar-refractivity contribution is 0.474. The number of phenolic OH excluding ortho intramolecular Hbond substituents is 1. The highest BCUT2D eigenvalue weighted by Gasteiger charge is 2.24. The topological polar surface area (TPSA) is 58.0 Å². The van der Waals surface area contributed by atoms with E-state index in [9.17, 15) is 5.11 Å². The summed E-state index contributed by atoms with van der Waals surface area (Å²) < 4.78 is 8.59. The van der Waals surface area contributed by atoms with Crippen LogP contribution in [-0.4, -0.2) is 13.9 Å². The van der Waals surface area contributed by atoms with Gasteiger partial charge in [0.25, 0.3) is 0 Å². The van der Waals surface area contributed by atoms with E-state index in [1.165, 1.54) is 22.9 Å². The summed E-state index contributed by atoms with van der Waals surface area (Å²) in [4.78, 5) is 0. The van der Waals surface area contributed by atoms with Crippen molar-refractivity contribution >= 4 is 40.0 Å². The van der Waals surface area contributed by atoms with Gasteiger partial charge in [0.05, 0.1) is 28.5 Å². The Morgan fingerprint density at radius 3 is 3.05 bits per heavy atom. The first kappa shape index (κ1) is 12.9. The van der Waals surface area contributed by atoms with Gasteiger partial charge in [-0.2, -0.15) is 8.75 Å². The van der Waals surface area contributed by atoms with E-state index in [0.29, 0.717) is 10.8 Å². The Labute approximate surface area is 130 Å². The quantitative estimate of drug-likeness (QED) is 0.745. The average molecular weight is 318 g/mol. The van der Waals surface area contributed by atoms with Crippen LogP contribution < -0.4 is 5.32 Å². The number of nitrogens with zero attached hydrogens (tertiary/aromatic N) is 2. The highest BCUT2D eigenvalue weighted by atomic mass is 35.5. The number of nitrogens with one attached hydrogen (secondary N) is 1. The minimum atomic E-state index is 0.186. The van der Waals surface area contributed by atoms with Gasteiger partial charge >= 0.3 is 0 Å². The number of hydrogen-bond acceptors (Lipinski definition) is 5. The smallest absolute Gasteiger partial charge is 0.129 e. The lowest BCUT2D eigenvalue weighted by atomic mass is 10.1. The number of rotatable bonds is 2. The van der Waals surface area contributed by atoms with Crippen molar-refractivity contribution in [3.8, 4) is 5.75 Å². The molecule has 106 valence electrons. The molecule has 1 aliphatic carbocycles. The van der Waals surface area contributed by atoms with Crippen molar-refractivity contribution in [2.24, 2.45) is 0 Å². The zero-order chi connectivity index (χ0) is 14.4. The maximum atomic E-state index is 9.57. The maximum Gasteiger partial charge on any atom is 0.129 e. The van der Waals surface area contributed by atoms with E-state index < -0.39 is 0 Å². The van der Waals surface area contributed by atoms with Crippen LogP contribution in [0.4, 0.5) is 5.69 Å². The fourth-order valence-corrected chi connectivity index (χ4v) is 3.64. The van der Waals surface area contributed by atoms with Crippen molar-refractivity contribution < 1.29 is 5.11 Å². The third kappa shape index (κ3) is 2.13. The minimum absolute atomic E-state index is 0.186. The monoisotopic (exact) mass is 317 g/mol. The van der Waals surface area contributed by atoms with Crippen LogP contribution in [0.5, 0.6) is 5.75 Å². The van der Waals surface area contributed by atoms with E-state index in [-0.39, 0.29) is 6.04 Å². The Hall–Kier alpha value is -1.85. The fraction of sp³-hybridized carbons (Fsp3) is 0.200. The summed E-state index contributed by atoms with van der Waals surface area (Å²) in [6, 6.07) is 9.45. The fourth-order valence-electron chi connectivity index (χ4n) is 2.89. The van der Waals surface area contributed by atoms with E-state index >= 15 is 0 Å². The molecule has 0 amide bonds. The Kier molecular flexibility index (Phi) is 2.97. The summed E-state index contributed by atoms with van der Waals surface area (Å²) in [6.45, 7) is 0. The Bertz CT molecular complexity index is 833. The molecule has 3 aromatic rings. The minimum Gasteiger partial charge on any atom is -0.508 e. The molecule has 0 bridgehead atoms. The van der Waals surface area contributed by atoms with Gasteiger partial charge in [-0.15, -0.1) is 0 Å². The zero-order valence-corrected chi connectivity index (χ0v) is 12.6. The molecule has 1 atom stereocenters. The van der Waals surface area contributed by atoms with Crippen LogP contribution in [0.3, 0.4) is 0 Å².